The predicted octanol–water partition coefficient (Wildman–Crippen LogP) is 3.47. The molecule has 0 N–H and O–H groups in total. The van der Waals surface area contributed by atoms with Crippen molar-refractivity contribution >= 4 is 5.91 Å². The summed E-state index contributed by atoms with van der Waals surface area (Å²) in [5, 5.41) is 0. The lowest BCUT2D eigenvalue weighted by Crippen LogP contribution is -2.48. The Bertz CT molecular complexity index is 718. The van der Waals surface area contributed by atoms with Crippen LogP contribution < -0.4 is 4.74 Å². The normalized spacial score (nSPS) is 20.6. The highest BCUT2D eigenvalue weighted by atomic mass is 16.5. The van der Waals surface area contributed by atoms with Crippen molar-refractivity contribution in [2.45, 2.75) is 39.0 Å². The molecule has 0 radical (unpaired) electrons. The summed E-state index contributed by atoms with van der Waals surface area (Å²) in [4.78, 5) is 19.2. The van der Waals surface area contributed by atoms with Gasteiger partial charge in [0.1, 0.15) is 6.10 Å². The van der Waals surface area contributed by atoms with Crippen molar-refractivity contribution in [2.24, 2.45) is 0 Å². The van der Waals surface area contributed by atoms with Crippen LogP contribution in [0.1, 0.15) is 42.9 Å². The first-order valence-electron chi connectivity index (χ1n) is 8.65. The molecule has 2 unspecified atom stereocenters. The van der Waals surface area contributed by atoms with E-state index in [2.05, 4.69) is 4.98 Å². The smallest absolute Gasteiger partial charge is 0.276 e. The van der Waals surface area contributed by atoms with Gasteiger partial charge in [0, 0.05) is 6.20 Å². The second-order valence-corrected chi connectivity index (χ2v) is 6.56. The first-order chi connectivity index (χ1) is 12.1. The minimum Gasteiger partial charge on any atom is -0.489 e. The Balaban J connectivity index is 1.83. The van der Waals surface area contributed by atoms with Gasteiger partial charge in [0.2, 0.25) is 0 Å². The molecule has 2 aromatic rings. The SMILES string of the molecule is CC(C)Oc1cccnc1C(=O)N1CC(c2ccccc2)OCC1C. The van der Waals surface area contributed by atoms with Crippen LogP contribution in [0.25, 0.3) is 0 Å². The van der Waals surface area contributed by atoms with E-state index in [0.717, 1.165) is 5.56 Å². The van der Waals surface area contributed by atoms with Crippen molar-refractivity contribution in [2.75, 3.05) is 13.2 Å². The standard InChI is InChI=1S/C20H24N2O3/c1-14(2)25-17-10-7-11-21-19(17)20(23)22-12-18(24-13-15(22)3)16-8-5-4-6-9-16/h4-11,14-15,18H,12-13H2,1-3H3. The zero-order valence-electron chi connectivity index (χ0n) is 14.9. The highest BCUT2D eigenvalue weighted by molar-refractivity contribution is 5.95. The van der Waals surface area contributed by atoms with Gasteiger partial charge < -0.3 is 14.4 Å². The van der Waals surface area contributed by atoms with Gasteiger partial charge in [-0.3, -0.25) is 4.79 Å². The van der Waals surface area contributed by atoms with E-state index in [1.54, 1.807) is 18.3 Å². The Labute approximate surface area is 148 Å². The molecule has 1 aliphatic heterocycles. The van der Waals surface area contributed by atoms with Gasteiger partial charge in [-0.25, -0.2) is 4.98 Å². The van der Waals surface area contributed by atoms with E-state index in [1.807, 2.05) is 56.0 Å². The van der Waals surface area contributed by atoms with Gasteiger partial charge >= 0.3 is 0 Å². The minimum atomic E-state index is -0.125. The first kappa shape index (κ1) is 17.4. The predicted molar refractivity (Wildman–Crippen MR) is 95.6 cm³/mol. The number of hydrogen-bond acceptors (Lipinski definition) is 4. The van der Waals surface area contributed by atoms with Crippen molar-refractivity contribution in [3.63, 3.8) is 0 Å². The Morgan fingerprint density at radius 2 is 2.00 bits per heavy atom. The molecule has 0 aliphatic carbocycles. The Hall–Kier alpha value is -2.40. The van der Waals surface area contributed by atoms with Crippen LogP contribution in [0.15, 0.2) is 48.7 Å². The fourth-order valence-corrected chi connectivity index (χ4v) is 2.95. The van der Waals surface area contributed by atoms with E-state index in [0.29, 0.717) is 24.6 Å². The molecule has 1 aromatic carbocycles. The lowest BCUT2D eigenvalue weighted by Gasteiger charge is -2.38. The maximum atomic E-state index is 13.1. The summed E-state index contributed by atoms with van der Waals surface area (Å²) in [6, 6.07) is 13.5. The van der Waals surface area contributed by atoms with E-state index >= 15 is 0 Å². The van der Waals surface area contributed by atoms with Crippen molar-refractivity contribution in [3.05, 3.63) is 59.9 Å². The van der Waals surface area contributed by atoms with Crippen molar-refractivity contribution in [1.82, 2.24) is 9.88 Å². The number of nitrogens with zero attached hydrogens (tertiary/aromatic N) is 2. The third-order valence-corrected chi connectivity index (χ3v) is 4.20. The molecule has 25 heavy (non-hydrogen) atoms. The first-order valence-corrected chi connectivity index (χ1v) is 8.65. The summed E-state index contributed by atoms with van der Waals surface area (Å²) < 4.78 is 11.7. The van der Waals surface area contributed by atoms with Crippen LogP contribution in [0.4, 0.5) is 0 Å². The zero-order valence-corrected chi connectivity index (χ0v) is 14.9. The summed E-state index contributed by atoms with van der Waals surface area (Å²) in [5.41, 5.74) is 1.43. The Kier molecular flexibility index (Phi) is 5.34. The van der Waals surface area contributed by atoms with Crippen LogP contribution >= 0.6 is 0 Å². The van der Waals surface area contributed by atoms with Crippen LogP contribution in [0.2, 0.25) is 0 Å². The number of pyridine rings is 1. The average molecular weight is 340 g/mol. The van der Waals surface area contributed by atoms with E-state index < -0.39 is 0 Å². The van der Waals surface area contributed by atoms with Gasteiger partial charge in [-0.1, -0.05) is 30.3 Å². The molecule has 0 spiro atoms. The molecule has 5 heteroatoms. The molecule has 1 amide bonds. The Morgan fingerprint density at radius 1 is 1.24 bits per heavy atom. The zero-order chi connectivity index (χ0) is 17.8. The fraction of sp³-hybridized carbons (Fsp3) is 0.400. The van der Waals surface area contributed by atoms with Crippen LogP contribution in [0.5, 0.6) is 5.75 Å². The molecule has 1 aromatic heterocycles. The van der Waals surface area contributed by atoms with Crippen LogP contribution in [0.3, 0.4) is 0 Å². The second kappa shape index (κ2) is 7.66. The number of rotatable bonds is 4. The number of carbonyl (C=O) groups excluding carboxylic acids is 1. The molecular weight excluding hydrogens is 316 g/mol. The van der Waals surface area contributed by atoms with Crippen LogP contribution in [-0.4, -0.2) is 41.1 Å². The summed E-state index contributed by atoms with van der Waals surface area (Å²) in [6.07, 6.45) is 1.48. The average Bonchev–Trinajstić information content (AvgIpc) is 2.62. The maximum absolute atomic E-state index is 13.1. The number of aromatic nitrogens is 1. The van der Waals surface area contributed by atoms with Crippen LogP contribution in [0, 0.1) is 0 Å². The van der Waals surface area contributed by atoms with E-state index in [9.17, 15) is 4.79 Å². The number of morpholine rings is 1. The molecular formula is C20H24N2O3. The quantitative estimate of drug-likeness (QED) is 0.855. The molecule has 2 atom stereocenters. The molecule has 1 fully saturated rings. The fourth-order valence-electron chi connectivity index (χ4n) is 2.95. The maximum Gasteiger partial charge on any atom is 0.276 e. The molecule has 5 nitrogen and oxygen atoms in total. The molecule has 1 aliphatic rings. The number of hydrogen-bond donors (Lipinski definition) is 0. The third kappa shape index (κ3) is 3.99. The molecule has 132 valence electrons. The lowest BCUT2D eigenvalue weighted by molar-refractivity contribution is -0.0489. The molecule has 2 heterocycles. The van der Waals surface area contributed by atoms with E-state index in [4.69, 9.17) is 9.47 Å². The third-order valence-electron chi connectivity index (χ3n) is 4.20. The van der Waals surface area contributed by atoms with Gasteiger partial charge in [0.05, 0.1) is 25.3 Å². The summed E-state index contributed by atoms with van der Waals surface area (Å²) in [6.45, 7) is 6.86. The van der Waals surface area contributed by atoms with Crippen LogP contribution in [-0.2, 0) is 4.74 Å². The monoisotopic (exact) mass is 340 g/mol. The Morgan fingerprint density at radius 3 is 2.72 bits per heavy atom. The minimum absolute atomic E-state index is 0.0126. The van der Waals surface area contributed by atoms with Gasteiger partial charge in [0.25, 0.3) is 5.91 Å². The summed E-state index contributed by atoms with van der Waals surface area (Å²) in [7, 11) is 0. The van der Waals surface area contributed by atoms with Gasteiger partial charge in [0.15, 0.2) is 11.4 Å². The van der Waals surface area contributed by atoms with E-state index in [1.165, 1.54) is 0 Å². The summed E-state index contributed by atoms with van der Waals surface area (Å²) >= 11 is 0. The lowest BCUT2D eigenvalue weighted by atomic mass is 10.1. The number of carbonyl (C=O) groups is 1. The number of ether oxygens (including phenoxy) is 2. The van der Waals surface area contributed by atoms with Gasteiger partial charge in [-0.05, 0) is 38.5 Å². The van der Waals surface area contributed by atoms with Gasteiger partial charge in [-0.2, -0.15) is 0 Å². The number of benzene rings is 1. The number of amides is 1. The van der Waals surface area contributed by atoms with Gasteiger partial charge in [-0.15, -0.1) is 0 Å². The second-order valence-electron chi connectivity index (χ2n) is 6.56. The largest absolute Gasteiger partial charge is 0.489 e. The molecule has 1 saturated heterocycles. The van der Waals surface area contributed by atoms with E-state index in [-0.39, 0.29) is 24.2 Å². The molecule has 0 bridgehead atoms. The summed E-state index contributed by atoms with van der Waals surface area (Å²) in [5.74, 6) is 0.408. The van der Waals surface area contributed by atoms with Crippen molar-refractivity contribution < 1.29 is 14.3 Å². The highest BCUT2D eigenvalue weighted by Crippen LogP contribution is 2.27. The highest BCUT2D eigenvalue weighted by Gasteiger charge is 2.33. The topological polar surface area (TPSA) is 51.7 Å². The molecule has 3 rings (SSSR count). The van der Waals surface area contributed by atoms with Crippen molar-refractivity contribution in [1.29, 1.82) is 0 Å². The molecule has 0 saturated carbocycles. The van der Waals surface area contributed by atoms with Crippen molar-refractivity contribution in [3.8, 4) is 5.75 Å².